The van der Waals surface area contributed by atoms with Crippen molar-refractivity contribution in [2.75, 3.05) is 7.11 Å². The first-order valence-corrected chi connectivity index (χ1v) is 5.11. The van der Waals surface area contributed by atoms with Gasteiger partial charge in [0, 0.05) is 6.04 Å². The van der Waals surface area contributed by atoms with Crippen LogP contribution in [0.4, 0.5) is 4.79 Å². The number of carbonyl (C=O) groups is 1. The molecule has 0 heterocycles. The van der Waals surface area contributed by atoms with E-state index >= 15 is 0 Å². The molecule has 1 amide bonds. The molecule has 0 spiro atoms. The first-order chi connectivity index (χ1) is 6.26. The lowest BCUT2D eigenvalue weighted by Crippen LogP contribution is -2.40. The van der Waals surface area contributed by atoms with Gasteiger partial charge >= 0.3 is 6.09 Å². The quantitative estimate of drug-likeness (QED) is 0.762. The van der Waals surface area contributed by atoms with Crippen LogP contribution in [0.5, 0.6) is 0 Å². The van der Waals surface area contributed by atoms with Crippen LogP contribution in [0.3, 0.4) is 0 Å². The van der Waals surface area contributed by atoms with Gasteiger partial charge in [0.05, 0.1) is 7.11 Å². The Morgan fingerprint density at radius 1 is 1.36 bits per heavy atom. The molecule has 1 atom stereocenters. The molecule has 0 rings (SSSR count). The van der Waals surface area contributed by atoms with Crippen molar-refractivity contribution >= 4 is 6.09 Å². The van der Waals surface area contributed by atoms with Crippen LogP contribution in [0.25, 0.3) is 0 Å². The summed E-state index contributed by atoms with van der Waals surface area (Å²) in [6.45, 7) is 10.7. The molecule has 1 N–H and O–H groups in total. The molecule has 0 fully saturated rings. The summed E-state index contributed by atoms with van der Waals surface area (Å²) in [5.41, 5.74) is 0.218. The summed E-state index contributed by atoms with van der Waals surface area (Å²) in [7, 11) is 1.39. The Kier molecular flexibility index (Phi) is 4.95. The summed E-state index contributed by atoms with van der Waals surface area (Å²) in [4.78, 5) is 11.1. The summed E-state index contributed by atoms with van der Waals surface area (Å²) in [6, 6.07) is 0.183. The van der Waals surface area contributed by atoms with Crippen LogP contribution < -0.4 is 5.32 Å². The van der Waals surface area contributed by atoms with Crippen molar-refractivity contribution in [1.82, 2.24) is 5.32 Å². The minimum atomic E-state index is -0.340. The second-order valence-electron chi connectivity index (χ2n) is 5.25. The number of hydrogen-bond acceptors (Lipinski definition) is 2. The summed E-state index contributed by atoms with van der Waals surface area (Å²) in [6.07, 6.45) is 0.618. The van der Waals surface area contributed by atoms with Crippen molar-refractivity contribution in [2.45, 2.75) is 47.1 Å². The normalized spacial score (nSPS) is 13.9. The van der Waals surface area contributed by atoms with Crippen LogP contribution in [-0.2, 0) is 4.74 Å². The van der Waals surface area contributed by atoms with Gasteiger partial charge in [0.15, 0.2) is 0 Å². The molecule has 0 radical (unpaired) electrons. The highest BCUT2D eigenvalue weighted by molar-refractivity contribution is 5.67. The van der Waals surface area contributed by atoms with Gasteiger partial charge in [-0.3, -0.25) is 0 Å². The molecule has 84 valence electrons. The Hall–Kier alpha value is -0.730. The third kappa shape index (κ3) is 5.84. The van der Waals surface area contributed by atoms with Gasteiger partial charge in [-0.15, -0.1) is 0 Å². The Morgan fingerprint density at radius 2 is 1.86 bits per heavy atom. The van der Waals surface area contributed by atoms with Gasteiger partial charge in [0.25, 0.3) is 0 Å². The summed E-state index contributed by atoms with van der Waals surface area (Å²) in [5, 5.41) is 2.86. The molecule has 0 aromatic rings. The van der Waals surface area contributed by atoms with Gasteiger partial charge in [-0.05, 0) is 17.8 Å². The van der Waals surface area contributed by atoms with Gasteiger partial charge < -0.3 is 10.1 Å². The molecule has 0 aliphatic carbocycles. The Bertz CT molecular complexity index is 182. The molecule has 14 heavy (non-hydrogen) atoms. The van der Waals surface area contributed by atoms with Crippen molar-refractivity contribution in [3.8, 4) is 0 Å². The van der Waals surface area contributed by atoms with E-state index in [1.807, 2.05) is 0 Å². The maximum absolute atomic E-state index is 11.1. The van der Waals surface area contributed by atoms with Crippen LogP contribution in [0.15, 0.2) is 0 Å². The number of rotatable bonds is 3. The van der Waals surface area contributed by atoms with E-state index < -0.39 is 0 Å². The zero-order valence-electron chi connectivity index (χ0n) is 10.2. The largest absolute Gasteiger partial charge is 0.453 e. The number of methoxy groups -OCH3 is 1. The van der Waals surface area contributed by atoms with E-state index in [4.69, 9.17) is 0 Å². The van der Waals surface area contributed by atoms with E-state index in [9.17, 15) is 4.79 Å². The van der Waals surface area contributed by atoms with Gasteiger partial charge in [0.2, 0.25) is 0 Å². The van der Waals surface area contributed by atoms with Gasteiger partial charge in [-0.25, -0.2) is 4.79 Å². The van der Waals surface area contributed by atoms with E-state index in [1.54, 1.807) is 0 Å². The topological polar surface area (TPSA) is 38.3 Å². The molecule has 0 aliphatic rings. The van der Waals surface area contributed by atoms with Crippen molar-refractivity contribution in [2.24, 2.45) is 11.3 Å². The average molecular weight is 201 g/mol. The molecule has 0 aromatic carbocycles. The number of hydrogen-bond donors (Lipinski definition) is 1. The Labute approximate surface area is 87.2 Å². The number of alkyl carbamates (subject to hydrolysis) is 1. The number of nitrogens with one attached hydrogen (secondary N) is 1. The maximum atomic E-state index is 11.1. The molecule has 3 nitrogen and oxygen atoms in total. The average Bonchev–Trinajstić information content (AvgIpc) is 2.00. The van der Waals surface area contributed by atoms with E-state index in [0.717, 1.165) is 6.42 Å². The fourth-order valence-electron chi connectivity index (χ4n) is 1.32. The zero-order chi connectivity index (χ0) is 11.4. The van der Waals surface area contributed by atoms with Crippen molar-refractivity contribution in [1.29, 1.82) is 0 Å². The molecular formula is C11H23NO2. The molecule has 0 unspecified atom stereocenters. The number of amides is 1. The van der Waals surface area contributed by atoms with E-state index in [0.29, 0.717) is 5.92 Å². The second kappa shape index (κ2) is 5.23. The third-order valence-electron chi connectivity index (χ3n) is 2.13. The lowest BCUT2D eigenvalue weighted by atomic mass is 9.84. The predicted molar refractivity (Wildman–Crippen MR) is 58.2 cm³/mol. The van der Waals surface area contributed by atoms with Crippen LogP contribution >= 0.6 is 0 Å². The zero-order valence-corrected chi connectivity index (χ0v) is 10.2. The summed E-state index contributed by atoms with van der Waals surface area (Å²) < 4.78 is 4.60. The van der Waals surface area contributed by atoms with Crippen LogP contribution in [0.2, 0.25) is 0 Å². The predicted octanol–water partition coefficient (Wildman–Crippen LogP) is 2.80. The fourth-order valence-corrected chi connectivity index (χ4v) is 1.32. The summed E-state index contributed by atoms with van der Waals surface area (Å²) in [5.74, 6) is 0.424. The van der Waals surface area contributed by atoms with Gasteiger partial charge in [-0.1, -0.05) is 34.6 Å². The molecule has 0 aromatic heterocycles. The number of ether oxygens (including phenoxy) is 1. The van der Waals surface area contributed by atoms with Crippen LogP contribution in [0.1, 0.15) is 41.0 Å². The van der Waals surface area contributed by atoms with Gasteiger partial charge in [0.1, 0.15) is 0 Å². The van der Waals surface area contributed by atoms with E-state index in [1.165, 1.54) is 7.11 Å². The first kappa shape index (κ1) is 13.3. The van der Waals surface area contributed by atoms with Crippen molar-refractivity contribution < 1.29 is 9.53 Å². The lowest BCUT2D eigenvalue weighted by Gasteiger charge is -2.28. The fraction of sp³-hybridized carbons (Fsp3) is 0.909. The van der Waals surface area contributed by atoms with E-state index in [-0.39, 0.29) is 17.6 Å². The number of carbonyl (C=O) groups excluding carboxylic acids is 1. The molecule has 0 saturated heterocycles. The van der Waals surface area contributed by atoms with E-state index in [2.05, 4.69) is 44.7 Å². The molecule has 0 aliphatic heterocycles. The molecule has 0 saturated carbocycles. The third-order valence-corrected chi connectivity index (χ3v) is 2.13. The monoisotopic (exact) mass is 201 g/mol. The molecule has 3 heteroatoms. The molecule has 0 bridgehead atoms. The Morgan fingerprint density at radius 3 is 2.14 bits per heavy atom. The lowest BCUT2D eigenvalue weighted by molar-refractivity contribution is 0.156. The van der Waals surface area contributed by atoms with Crippen LogP contribution in [0, 0.1) is 11.3 Å². The minimum Gasteiger partial charge on any atom is -0.453 e. The smallest absolute Gasteiger partial charge is 0.407 e. The summed E-state index contributed by atoms with van der Waals surface area (Å²) >= 11 is 0. The first-order valence-electron chi connectivity index (χ1n) is 5.11. The minimum absolute atomic E-state index is 0.183. The molecular weight excluding hydrogens is 178 g/mol. The van der Waals surface area contributed by atoms with Crippen molar-refractivity contribution in [3.63, 3.8) is 0 Å². The highest BCUT2D eigenvalue weighted by atomic mass is 16.5. The highest BCUT2D eigenvalue weighted by Crippen LogP contribution is 2.24. The second-order valence-corrected chi connectivity index (χ2v) is 5.25. The maximum Gasteiger partial charge on any atom is 0.407 e. The van der Waals surface area contributed by atoms with Gasteiger partial charge in [-0.2, -0.15) is 0 Å². The SMILES string of the molecule is COC(=O)N[C@H](CC(C)(C)C)C(C)C. The van der Waals surface area contributed by atoms with Crippen molar-refractivity contribution in [3.05, 3.63) is 0 Å². The highest BCUT2D eigenvalue weighted by Gasteiger charge is 2.22. The Balaban J connectivity index is 4.24. The standard InChI is InChI=1S/C11H23NO2/c1-8(2)9(7-11(3,4)5)12-10(13)14-6/h8-9H,7H2,1-6H3,(H,12,13)/t9-/m1/s1. The van der Waals surface area contributed by atoms with Crippen LogP contribution in [-0.4, -0.2) is 19.2 Å².